The third kappa shape index (κ3) is 4.38. The fraction of sp³-hybridized carbons (Fsp3) is 0. The summed E-state index contributed by atoms with van der Waals surface area (Å²) in [5.74, 6) is 0. The Morgan fingerprint density at radius 1 is 0.460 bits per heavy atom. The van der Waals surface area contributed by atoms with Crippen molar-refractivity contribution in [2.45, 2.75) is 0 Å². The van der Waals surface area contributed by atoms with Gasteiger partial charge < -0.3 is 9.13 Å². The summed E-state index contributed by atoms with van der Waals surface area (Å²) in [7, 11) is 0. The van der Waals surface area contributed by atoms with E-state index in [2.05, 4.69) is 117 Å². The predicted octanol–water partition coefficient (Wildman–Crippen LogP) is 11.5. The van der Waals surface area contributed by atoms with E-state index in [9.17, 15) is 10.5 Å². The van der Waals surface area contributed by atoms with E-state index in [4.69, 9.17) is 6.57 Å². The molecule has 0 aliphatic carbocycles. The summed E-state index contributed by atoms with van der Waals surface area (Å²) in [6, 6.07) is 55.7. The molecule has 0 unspecified atom stereocenters. The third-order valence-electron chi connectivity index (χ3n) is 9.59. The number of rotatable bonds is 4. The molecule has 0 radical (unpaired) electrons. The number of hydrogen-bond donors (Lipinski definition) is 0. The van der Waals surface area contributed by atoms with Crippen molar-refractivity contribution in [3.05, 3.63) is 174 Å². The average molecular weight is 636 g/mol. The van der Waals surface area contributed by atoms with Gasteiger partial charge in [-0.25, -0.2) is 4.85 Å². The van der Waals surface area contributed by atoms with E-state index in [1.54, 1.807) is 0 Å². The maximum Gasteiger partial charge on any atom is 0.189 e. The second-order valence-corrected chi connectivity index (χ2v) is 12.3. The number of fused-ring (bicyclic) bond motifs is 6. The Hall–Kier alpha value is -7.39. The molecule has 9 aromatic rings. The first-order chi connectivity index (χ1) is 24.7. The first-order valence-corrected chi connectivity index (χ1v) is 16.3. The van der Waals surface area contributed by atoms with Crippen molar-refractivity contribution in [1.82, 2.24) is 9.13 Å². The SMILES string of the molecule is [C-]#[N+]c1ccc2c3cc(C#N)ccc3n(-c3cccc(-c4ccccc4-c4cc(C#N)ccc4-n4c5ccccc5c5ccccc54)c3)c2c1. The maximum atomic E-state index is 10.0. The summed E-state index contributed by atoms with van der Waals surface area (Å²) in [6.07, 6.45) is 0. The minimum absolute atomic E-state index is 0.554. The molecule has 230 valence electrons. The van der Waals surface area contributed by atoms with E-state index in [1.807, 2.05) is 60.7 Å². The summed E-state index contributed by atoms with van der Waals surface area (Å²) in [4.78, 5) is 3.71. The fourth-order valence-electron chi connectivity index (χ4n) is 7.41. The van der Waals surface area contributed by atoms with E-state index in [1.165, 1.54) is 10.8 Å². The van der Waals surface area contributed by atoms with Crippen LogP contribution in [0.4, 0.5) is 5.69 Å². The van der Waals surface area contributed by atoms with Crippen molar-refractivity contribution in [2.75, 3.05) is 0 Å². The zero-order valence-corrected chi connectivity index (χ0v) is 26.7. The van der Waals surface area contributed by atoms with Crippen LogP contribution >= 0.6 is 0 Å². The van der Waals surface area contributed by atoms with Crippen LogP contribution in [0.15, 0.2) is 152 Å². The number of nitrogens with zero attached hydrogens (tertiary/aromatic N) is 5. The van der Waals surface area contributed by atoms with Crippen LogP contribution in [-0.2, 0) is 0 Å². The van der Waals surface area contributed by atoms with Crippen LogP contribution in [0.25, 0.3) is 82.1 Å². The highest BCUT2D eigenvalue weighted by Crippen LogP contribution is 2.41. The number of benzene rings is 7. The van der Waals surface area contributed by atoms with E-state index < -0.39 is 0 Å². The number of nitriles is 2. The molecule has 0 fully saturated rings. The van der Waals surface area contributed by atoms with Crippen molar-refractivity contribution in [2.24, 2.45) is 0 Å². The minimum Gasteiger partial charge on any atom is -0.310 e. The van der Waals surface area contributed by atoms with Gasteiger partial charge >= 0.3 is 0 Å². The van der Waals surface area contributed by atoms with Crippen LogP contribution in [0.1, 0.15) is 11.1 Å². The number of hydrogen-bond acceptors (Lipinski definition) is 2. The van der Waals surface area contributed by atoms with Gasteiger partial charge in [-0.1, -0.05) is 84.9 Å². The molecule has 7 aromatic carbocycles. The number of aromatic nitrogens is 2. The van der Waals surface area contributed by atoms with Crippen molar-refractivity contribution in [3.8, 4) is 45.8 Å². The zero-order valence-electron chi connectivity index (χ0n) is 26.7. The molecule has 9 rings (SSSR count). The van der Waals surface area contributed by atoms with Crippen LogP contribution in [0.2, 0.25) is 0 Å². The monoisotopic (exact) mass is 635 g/mol. The Morgan fingerprint density at radius 3 is 1.84 bits per heavy atom. The standard InChI is InChI=1S/C45H25N5/c1-48-32-19-20-38-40-24-30(28-47)17-21-43(40)49(45(38)26-32)33-10-8-9-31(25-33)34-11-2-3-12-35(34)39-23-29(27-46)18-22-44(39)50-41-15-6-4-13-36(41)37-14-5-7-16-42(37)50/h2-26H. The molecule has 0 bridgehead atoms. The first kappa shape index (κ1) is 28.8. The summed E-state index contributed by atoms with van der Waals surface area (Å²) in [5.41, 5.74) is 11.7. The molecule has 0 saturated heterocycles. The van der Waals surface area contributed by atoms with Gasteiger partial charge in [-0.15, -0.1) is 0 Å². The van der Waals surface area contributed by atoms with Gasteiger partial charge in [-0.2, -0.15) is 10.5 Å². The molecule has 0 N–H and O–H groups in total. The largest absolute Gasteiger partial charge is 0.310 e. The number of para-hydroxylation sites is 2. The molecule has 0 saturated carbocycles. The summed E-state index contributed by atoms with van der Waals surface area (Å²) < 4.78 is 4.48. The van der Waals surface area contributed by atoms with Gasteiger partial charge in [0.25, 0.3) is 0 Å². The average Bonchev–Trinajstić information content (AvgIpc) is 3.69. The van der Waals surface area contributed by atoms with Gasteiger partial charge in [-0.05, 0) is 83.4 Å². The van der Waals surface area contributed by atoms with Crippen LogP contribution in [0.5, 0.6) is 0 Å². The molecule has 0 spiro atoms. The molecule has 5 nitrogen and oxygen atoms in total. The molecular formula is C45H25N5. The van der Waals surface area contributed by atoms with Crippen molar-refractivity contribution in [1.29, 1.82) is 10.5 Å². The van der Waals surface area contributed by atoms with Crippen LogP contribution < -0.4 is 0 Å². The minimum atomic E-state index is 0.554. The molecule has 0 aliphatic heterocycles. The molecule has 5 heteroatoms. The molecule has 50 heavy (non-hydrogen) atoms. The second kappa shape index (κ2) is 11.4. The molecule has 2 heterocycles. The van der Waals surface area contributed by atoms with Gasteiger partial charge in [0.1, 0.15) is 0 Å². The third-order valence-corrected chi connectivity index (χ3v) is 9.59. The second-order valence-electron chi connectivity index (χ2n) is 12.3. The summed E-state index contributed by atoms with van der Waals surface area (Å²) in [6.45, 7) is 7.68. The van der Waals surface area contributed by atoms with Crippen LogP contribution in [0.3, 0.4) is 0 Å². The van der Waals surface area contributed by atoms with Crippen molar-refractivity contribution in [3.63, 3.8) is 0 Å². The maximum absolute atomic E-state index is 10.0. The first-order valence-electron chi connectivity index (χ1n) is 16.3. The fourth-order valence-corrected chi connectivity index (χ4v) is 7.41. The van der Waals surface area contributed by atoms with Gasteiger partial charge in [0.2, 0.25) is 0 Å². The van der Waals surface area contributed by atoms with Gasteiger partial charge in [-0.3, -0.25) is 0 Å². The molecule has 0 amide bonds. The van der Waals surface area contributed by atoms with Gasteiger partial charge in [0.05, 0.1) is 52.1 Å². The quantitative estimate of drug-likeness (QED) is 0.181. The summed E-state index contributed by atoms with van der Waals surface area (Å²) >= 11 is 0. The Morgan fingerprint density at radius 2 is 1.10 bits per heavy atom. The van der Waals surface area contributed by atoms with E-state index in [-0.39, 0.29) is 0 Å². The van der Waals surface area contributed by atoms with Gasteiger partial charge in [0, 0.05) is 38.3 Å². The highest BCUT2D eigenvalue weighted by Gasteiger charge is 2.19. The Bertz CT molecular complexity index is 2920. The highest BCUT2D eigenvalue weighted by atomic mass is 15.0. The topological polar surface area (TPSA) is 61.8 Å². The lowest BCUT2D eigenvalue weighted by atomic mass is 9.92. The van der Waals surface area contributed by atoms with E-state index in [0.717, 1.165) is 66.5 Å². The van der Waals surface area contributed by atoms with Crippen LogP contribution in [0, 0.1) is 29.2 Å². The summed E-state index contributed by atoms with van der Waals surface area (Å²) in [5, 5.41) is 24.0. The smallest absolute Gasteiger partial charge is 0.189 e. The van der Waals surface area contributed by atoms with Crippen molar-refractivity contribution >= 4 is 49.3 Å². The lowest BCUT2D eigenvalue weighted by Gasteiger charge is -2.18. The molecule has 0 atom stereocenters. The zero-order chi connectivity index (χ0) is 33.8. The molecular weight excluding hydrogens is 611 g/mol. The van der Waals surface area contributed by atoms with Crippen LogP contribution in [-0.4, -0.2) is 9.13 Å². The lowest BCUT2D eigenvalue weighted by molar-refractivity contribution is 1.18. The molecule has 0 aliphatic rings. The van der Waals surface area contributed by atoms with Gasteiger partial charge in [0.15, 0.2) is 5.69 Å². The Labute approximate surface area is 288 Å². The Balaban J connectivity index is 1.28. The predicted molar refractivity (Wildman–Crippen MR) is 202 cm³/mol. The van der Waals surface area contributed by atoms with Crippen molar-refractivity contribution < 1.29 is 0 Å². The van der Waals surface area contributed by atoms with E-state index in [0.29, 0.717) is 16.8 Å². The molecule has 2 aromatic heterocycles. The lowest BCUT2D eigenvalue weighted by Crippen LogP contribution is -1.99. The normalized spacial score (nSPS) is 11.1. The van der Waals surface area contributed by atoms with E-state index >= 15 is 0 Å². The highest BCUT2D eigenvalue weighted by molar-refractivity contribution is 6.11. The Kier molecular flexibility index (Phi) is 6.56.